The lowest BCUT2D eigenvalue weighted by Crippen LogP contribution is -2.17. The van der Waals surface area contributed by atoms with E-state index in [1.165, 1.54) is 48.5 Å². The van der Waals surface area contributed by atoms with E-state index in [9.17, 15) is 22.0 Å². The Labute approximate surface area is 142 Å². The Morgan fingerprint density at radius 2 is 1.75 bits per heavy atom. The Morgan fingerprint density at radius 1 is 1.12 bits per heavy atom. The zero-order valence-electron chi connectivity index (χ0n) is 12.4. The van der Waals surface area contributed by atoms with Crippen molar-refractivity contribution in [2.45, 2.75) is 15.5 Å². The maximum atomic E-state index is 12.5. The van der Waals surface area contributed by atoms with Crippen molar-refractivity contribution in [3.63, 3.8) is 0 Å². The van der Waals surface area contributed by atoms with Gasteiger partial charge in [-0.05, 0) is 36.4 Å². The number of nitrogens with one attached hydrogen (secondary N) is 1. The summed E-state index contributed by atoms with van der Waals surface area (Å²) in [7, 11) is -2.89. The van der Waals surface area contributed by atoms with Crippen LogP contribution in [0.4, 0.5) is 14.5 Å². The molecule has 0 unspecified atom stereocenters. The van der Waals surface area contributed by atoms with Gasteiger partial charge >= 0.3 is 5.97 Å². The van der Waals surface area contributed by atoms with Gasteiger partial charge in [-0.25, -0.2) is 13.2 Å². The van der Waals surface area contributed by atoms with Crippen LogP contribution >= 0.6 is 11.8 Å². The molecule has 0 aliphatic rings. The molecule has 0 saturated heterocycles. The van der Waals surface area contributed by atoms with E-state index in [1.807, 2.05) is 0 Å². The van der Waals surface area contributed by atoms with Gasteiger partial charge in [-0.1, -0.05) is 23.9 Å². The molecule has 0 amide bonds. The van der Waals surface area contributed by atoms with Gasteiger partial charge in [0, 0.05) is 10.6 Å². The van der Waals surface area contributed by atoms with E-state index in [1.54, 1.807) is 0 Å². The molecular formula is C15H13F2NO4S2. The molecule has 24 heavy (non-hydrogen) atoms. The number of halogens is 2. The minimum absolute atomic E-state index is 0.0997. The van der Waals surface area contributed by atoms with Crippen molar-refractivity contribution in [2.24, 2.45) is 0 Å². The molecule has 0 radical (unpaired) electrons. The van der Waals surface area contributed by atoms with Crippen LogP contribution in [0.3, 0.4) is 0 Å². The van der Waals surface area contributed by atoms with Gasteiger partial charge in [0.15, 0.2) is 0 Å². The van der Waals surface area contributed by atoms with Gasteiger partial charge in [0.2, 0.25) is 0 Å². The van der Waals surface area contributed by atoms with Crippen LogP contribution in [0.5, 0.6) is 0 Å². The highest BCUT2D eigenvalue weighted by molar-refractivity contribution is 7.99. The van der Waals surface area contributed by atoms with Crippen LogP contribution in [-0.2, 0) is 14.8 Å². The number of hydrogen-bond donors (Lipinski definition) is 1. The van der Waals surface area contributed by atoms with Gasteiger partial charge in [-0.3, -0.25) is 4.72 Å². The minimum Gasteiger partial charge on any atom is -0.465 e. The first-order chi connectivity index (χ1) is 11.3. The Bertz CT molecular complexity index is 824. The molecule has 0 heterocycles. The number of esters is 1. The van der Waals surface area contributed by atoms with Gasteiger partial charge in [0.1, 0.15) is 4.90 Å². The molecule has 5 nitrogen and oxygen atoms in total. The summed E-state index contributed by atoms with van der Waals surface area (Å²) in [5, 5.41) is 0. The normalized spacial score (nSPS) is 11.3. The van der Waals surface area contributed by atoms with Gasteiger partial charge in [0.05, 0.1) is 12.7 Å². The summed E-state index contributed by atoms with van der Waals surface area (Å²) in [6.45, 7) is 0. The summed E-state index contributed by atoms with van der Waals surface area (Å²) in [5.74, 6) is -3.33. The van der Waals surface area contributed by atoms with Gasteiger partial charge in [0.25, 0.3) is 15.8 Å². The monoisotopic (exact) mass is 373 g/mol. The number of carbonyl (C=O) groups is 1. The largest absolute Gasteiger partial charge is 0.465 e. The summed E-state index contributed by atoms with van der Waals surface area (Å²) in [4.78, 5) is 11.8. The fourth-order valence-corrected chi connectivity index (χ4v) is 3.65. The SMILES string of the molecule is COC(=O)c1ccccc1S(=O)(=O)Nc1ccc(SC(F)F)cc1. The Morgan fingerprint density at radius 3 is 2.33 bits per heavy atom. The predicted octanol–water partition coefficient (Wildman–Crippen LogP) is 3.59. The lowest BCUT2D eigenvalue weighted by molar-refractivity contribution is 0.0596. The molecule has 0 saturated carbocycles. The molecule has 2 rings (SSSR count). The quantitative estimate of drug-likeness (QED) is 0.619. The highest BCUT2D eigenvalue weighted by Gasteiger charge is 2.22. The first-order valence-electron chi connectivity index (χ1n) is 6.58. The number of methoxy groups -OCH3 is 1. The average molecular weight is 373 g/mol. The number of ether oxygens (including phenoxy) is 1. The summed E-state index contributed by atoms with van der Waals surface area (Å²) in [6, 6.07) is 11.1. The lowest BCUT2D eigenvalue weighted by Gasteiger charge is -2.11. The summed E-state index contributed by atoms with van der Waals surface area (Å²) in [5.41, 5.74) is 0.0886. The molecule has 0 spiro atoms. The lowest BCUT2D eigenvalue weighted by atomic mass is 10.2. The third-order valence-corrected chi connectivity index (χ3v) is 5.08. The topological polar surface area (TPSA) is 72.5 Å². The van der Waals surface area contributed by atoms with E-state index < -0.39 is 21.8 Å². The second-order valence-corrected chi connectivity index (χ2v) is 7.21. The van der Waals surface area contributed by atoms with E-state index in [2.05, 4.69) is 9.46 Å². The van der Waals surface area contributed by atoms with E-state index in [0.29, 0.717) is 16.7 Å². The fourth-order valence-electron chi connectivity index (χ4n) is 1.89. The van der Waals surface area contributed by atoms with Gasteiger partial charge in [-0.2, -0.15) is 8.78 Å². The van der Waals surface area contributed by atoms with Crippen LogP contribution < -0.4 is 4.72 Å². The third kappa shape index (κ3) is 4.45. The van der Waals surface area contributed by atoms with Crippen molar-refractivity contribution < 1.29 is 26.7 Å². The first kappa shape index (κ1) is 18.2. The standard InChI is InChI=1S/C15H13F2NO4S2/c1-22-14(19)12-4-2-3-5-13(12)24(20,21)18-10-6-8-11(9-7-10)23-15(16)17/h2-9,15,18H,1H3. The molecular weight excluding hydrogens is 360 g/mol. The number of rotatable bonds is 6. The highest BCUT2D eigenvalue weighted by atomic mass is 32.2. The predicted molar refractivity (Wildman–Crippen MR) is 86.9 cm³/mol. The number of benzene rings is 2. The van der Waals surface area contributed by atoms with Crippen LogP contribution in [0.25, 0.3) is 0 Å². The molecule has 0 aliphatic heterocycles. The molecule has 128 valence electrons. The minimum atomic E-state index is -4.04. The van der Waals surface area contributed by atoms with Crippen LogP contribution in [-0.4, -0.2) is 27.3 Å². The highest BCUT2D eigenvalue weighted by Crippen LogP contribution is 2.27. The molecule has 0 aromatic heterocycles. The maximum Gasteiger partial charge on any atom is 0.339 e. The van der Waals surface area contributed by atoms with Crippen molar-refractivity contribution in [1.29, 1.82) is 0 Å². The molecule has 9 heteroatoms. The molecule has 2 aromatic rings. The number of carbonyl (C=O) groups excluding carboxylic acids is 1. The van der Waals surface area contributed by atoms with Crippen molar-refractivity contribution in [1.82, 2.24) is 0 Å². The second-order valence-electron chi connectivity index (χ2n) is 4.50. The van der Waals surface area contributed by atoms with Crippen LogP contribution in [0.1, 0.15) is 10.4 Å². The zero-order valence-corrected chi connectivity index (χ0v) is 14.0. The van der Waals surface area contributed by atoms with Crippen molar-refractivity contribution in [3.8, 4) is 0 Å². The summed E-state index contributed by atoms with van der Waals surface area (Å²) < 4.78 is 56.3. The maximum absolute atomic E-state index is 12.5. The van der Waals surface area contributed by atoms with Crippen LogP contribution in [0, 0.1) is 0 Å². The van der Waals surface area contributed by atoms with Crippen molar-refractivity contribution in [3.05, 3.63) is 54.1 Å². The Kier molecular flexibility index (Phi) is 5.79. The number of sulfonamides is 1. The van der Waals surface area contributed by atoms with E-state index in [4.69, 9.17) is 0 Å². The van der Waals surface area contributed by atoms with E-state index >= 15 is 0 Å². The average Bonchev–Trinajstić information content (AvgIpc) is 2.55. The van der Waals surface area contributed by atoms with Crippen LogP contribution in [0.2, 0.25) is 0 Å². The summed E-state index contributed by atoms with van der Waals surface area (Å²) in [6.07, 6.45) is 0. The molecule has 0 fully saturated rings. The second kappa shape index (κ2) is 7.63. The van der Waals surface area contributed by atoms with E-state index in [-0.39, 0.29) is 16.1 Å². The third-order valence-electron chi connectivity index (χ3n) is 2.91. The zero-order chi connectivity index (χ0) is 17.7. The summed E-state index contributed by atoms with van der Waals surface area (Å²) >= 11 is 0.359. The molecule has 0 bridgehead atoms. The number of hydrogen-bond acceptors (Lipinski definition) is 5. The van der Waals surface area contributed by atoms with E-state index in [0.717, 1.165) is 7.11 Å². The smallest absolute Gasteiger partial charge is 0.339 e. The first-order valence-corrected chi connectivity index (χ1v) is 8.95. The molecule has 0 aliphatic carbocycles. The number of anilines is 1. The molecule has 1 N–H and O–H groups in total. The van der Waals surface area contributed by atoms with Gasteiger partial charge in [-0.15, -0.1) is 0 Å². The van der Waals surface area contributed by atoms with Crippen molar-refractivity contribution >= 4 is 33.4 Å². The number of thioether (sulfide) groups is 1. The Balaban J connectivity index is 2.28. The van der Waals surface area contributed by atoms with Crippen LogP contribution in [0.15, 0.2) is 58.3 Å². The van der Waals surface area contributed by atoms with Gasteiger partial charge < -0.3 is 4.74 Å². The van der Waals surface area contributed by atoms with Crippen molar-refractivity contribution in [2.75, 3.05) is 11.8 Å². The fraction of sp³-hybridized carbons (Fsp3) is 0.133. The molecule has 2 aromatic carbocycles. The Hall–Kier alpha value is -2.13. The number of alkyl halides is 2. The molecule has 0 atom stereocenters.